The van der Waals surface area contributed by atoms with Crippen molar-refractivity contribution in [2.45, 2.75) is 38.6 Å². The highest BCUT2D eigenvalue weighted by atomic mass is 19.4. The molecule has 0 unspecified atom stereocenters. The average molecular weight is 512 g/mol. The number of carbonyl (C=O) groups excluding carboxylic acids is 1. The number of nitriles is 1. The van der Waals surface area contributed by atoms with Crippen LogP contribution in [-0.2, 0) is 19.1 Å². The fourth-order valence-corrected chi connectivity index (χ4v) is 3.76. The summed E-state index contributed by atoms with van der Waals surface area (Å²) in [6.45, 7) is 3.86. The lowest BCUT2D eigenvalue weighted by molar-refractivity contribution is -0.137. The van der Waals surface area contributed by atoms with Crippen molar-refractivity contribution in [3.63, 3.8) is 0 Å². The number of benzene rings is 1. The van der Waals surface area contributed by atoms with E-state index in [9.17, 15) is 23.1 Å². The number of amides is 1. The first-order valence-electron chi connectivity index (χ1n) is 11.2. The number of hydrogen-bond acceptors (Lipinski definition) is 9. The van der Waals surface area contributed by atoms with Crippen LogP contribution in [0.15, 0.2) is 36.9 Å². The third-order valence-electron chi connectivity index (χ3n) is 5.63. The maximum absolute atomic E-state index is 13.4. The molecule has 3 N–H and O–H groups in total. The number of nitrogens with zero attached hydrogens (tertiary/aromatic N) is 6. The first-order chi connectivity index (χ1) is 17.4. The number of aromatic nitrogens is 4. The van der Waals surface area contributed by atoms with Gasteiger partial charge in [-0.3, -0.25) is 4.79 Å². The van der Waals surface area contributed by atoms with Gasteiger partial charge in [-0.1, -0.05) is 0 Å². The van der Waals surface area contributed by atoms with Crippen LogP contribution in [0.25, 0.3) is 0 Å². The van der Waals surface area contributed by atoms with Gasteiger partial charge in [-0.05, 0) is 38.5 Å². The molecule has 0 radical (unpaired) electrons. The number of rotatable bonds is 6. The quantitative estimate of drug-likeness (QED) is 0.455. The smallest absolute Gasteiger partial charge is 0.389 e. The minimum Gasteiger partial charge on any atom is -0.389 e. The maximum Gasteiger partial charge on any atom is 0.417 e. The van der Waals surface area contributed by atoms with Gasteiger partial charge in [0.05, 0.1) is 40.6 Å². The van der Waals surface area contributed by atoms with Gasteiger partial charge in [0, 0.05) is 36.7 Å². The highest BCUT2D eigenvalue weighted by Gasteiger charge is 2.34. The van der Waals surface area contributed by atoms with E-state index in [2.05, 4.69) is 30.6 Å². The van der Waals surface area contributed by atoms with E-state index in [0.717, 1.165) is 11.6 Å². The van der Waals surface area contributed by atoms with Crippen molar-refractivity contribution in [1.29, 1.82) is 5.26 Å². The van der Waals surface area contributed by atoms with E-state index in [1.807, 2.05) is 0 Å². The van der Waals surface area contributed by atoms with Gasteiger partial charge in [0.15, 0.2) is 0 Å². The molecule has 1 aliphatic rings. The van der Waals surface area contributed by atoms with Crippen LogP contribution in [0.2, 0.25) is 0 Å². The molecule has 0 spiro atoms. The topological polar surface area (TPSA) is 140 Å². The molecule has 13 heteroatoms. The van der Waals surface area contributed by atoms with Crippen LogP contribution in [0, 0.1) is 11.3 Å². The van der Waals surface area contributed by atoms with Gasteiger partial charge in [0.25, 0.3) is 5.91 Å². The summed E-state index contributed by atoms with van der Waals surface area (Å²) in [7, 11) is 0. The second-order valence-corrected chi connectivity index (χ2v) is 9.07. The highest BCUT2D eigenvalue weighted by molar-refractivity contribution is 5.93. The lowest BCUT2D eigenvalue weighted by atomic mass is 10.0. The molecule has 37 heavy (non-hydrogen) atoms. The predicted molar refractivity (Wildman–Crippen MR) is 127 cm³/mol. The Bertz CT molecular complexity index is 1350. The Kier molecular flexibility index (Phi) is 6.95. The van der Waals surface area contributed by atoms with Crippen LogP contribution in [0.5, 0.6) is 0 Å². The van der Waals surface area contributed by atoms with E-state index in [-0.39, 0.29) is 24.6 Å². The zero-order valence-electron chi connectivity index (χ0n) is 20.0. The molecule has 10 nitrogen and oxygen atoms in total. The van der Waals surface area contributed by atoms with Crippen molar-refractivity contribution in [3.05, 3.63) is 64.9 Å². The van der Waals surface area contributed by atoms with E-state index in [1.54, 1.807) is 24.8 Å². The number of halogens is 3. The maximum atomic E-state index is 13.4. The molecule has 0 saturated carbocycles. The van der Waals surface area contributed by atoms with E-state index in [4.69, 9.17) is 5.26 Å². The van der Waals surface area contributed by atoms with E-state index < -0.39 is 28.8 Å². The minimum absolute atomic E-state index is 0.0654. The summed E-state index contributed by atoms with van der Waals surface area (Å²) in [6, 6.07) is 5.24. The largest absolute Gasteiger partial charge is 0.417 e. The zero-order valence-corrected chi connectivity index (χ0v) is 20.0. The van der Waals surface area contributed by atoms with E-state index >= 15 is 0 Å². The number of anilines is 3. The Balaban J connectivity index is 1.48. The van der Waals surface area contributed by atoms with Gasteiger partial charge in [0.1, 0.15) is 12.1 Å². The Hall–Kier alpha value is -4.31. The molecule has 0 atom stereocenters. The SMILES string of the molecule is CC(C)(O)CNC(=O)c1cnc(Nc2ncnc3c2CCN(c2ccc(C#N)c(C(F)(F)F)c2)C3)nc1. The summed E-state index contributed by atoms with van der Waals surface area (Å²) < 4.78 is 40.2. The Labute approximate surface area is 210 Å². The molecule has 2 aromatic heterocycles. The standard InChI is InChI=1S/C24H23F3N8O2/c1-23(2,37)12-31-21(36)15-9-29-22(30-10-15)34-20-17-5-6-35(11-19(17)32-13-33-20)16-4-3-14(8-28)18(7-16)24(25,26)27/h3-4,7,9-10,13,37H,5-6,11-12H2,1-2H3,(H,31,36)(H,29,30,32,33,34). The van der Waals surface area contributed by atoms with Crippen molar-refractivity contribution in [3.8, 4) is 6.07 Å². The Morgan fingerprint density at radius 2 is 1.92 bits per heavy atom. The van der Waals surface area contributed by atoms with Crippen molar-refractivity contribution in [1.82, 2.24) is 25.3 Å². The molecule has 192 valence electrons. The third-order valence-corrected chi connectivity index (χ3v) is 5.63. The Morgan fingerprint density at radius 3 is 2.57 bits per heavy atom. The number of fused-ring (bicyclic) bond motifs is 1. The number of carbonyl (C=O) groups is 1. The fraction of sp³-hybridized carbons (Fsp3) is 0.333. The molecule has 1 aromatic carbocycles. The van der Waals surface area contributed by atoms with Gasteiger partial charge >= 0.3 is 6.18 Å². The molecule has 3 heterocycles. The second-order valence-electron chi connectivity index (χ2n) is 9.07. The van der Waals surface area contributed by atoms with Gasteiger partial charge in [-0.15, -0.1) is 0 Å². The molecule has 0 aliphatic carbocycles. The van der Waals surface area contributed by atoms with Crippen molar-refractivity contribution in [2.24, 2.45) is 0 Å². The number of hydrogen-bond donors (Lipinski definition) is 3. The van der Waals surface area contributed by atoms with Crippen LogP contribution in [0.1, 0.15) is 46.6 Å². The summed E-state index contributed by atoms with van der Waals surface area (Å²) >= 11 is 0. The summed E-state index contributed by atoms with van der Waals surface area (Å²) in [5, 5.41) is 24.4. The molecule has 4 rings (SSSR count). The van der Waals surface area contributed by atoms with Gasteiger partial charge < -0.3 is 20.6 Å². The van der Waals surface area contributed by atoms with Crippen molar-refractivity contribution >= 4 is 23.4 Å². The van der Waals surface area contributed by atoms with Gasteiger partial charge in [-0.2, -0.15) is 18.4 Å². The molecule has 3 aromatic rings. The molecule has 0 bridgehead atoms. The zero-order chi connectivity index (χ0) is 26.8. The van der Waals surface area contributed by atoms with Gasteiger partial charge in [0.2, 0.25) is 5.95 Å². The second kappa shape index (κ2) is 9.98. The first-order valence-corrected chi connectivity index (χ1v) is 11.2. The van der Waals surface area contributed by atoms with E-state index in [1.165, 1.54) is 30.9 Å². The monoisotopic (exact) mass is 512 g/mol. The van der Waals surface area contributed by atoms with Crippen LogP contribution in [0.4, 0.5) is 30.6 Å². The average Bonchev–Trinajstić information content (AvgIpc) is 2.86. The number of aliphatic hydroxyl groups is 1. The Morgan fingerprint density at radius 1 is 1.19 bits per heavy atom. The van der Waals surface area contributed by atoms with E-state index in [0.29, 0.717) is 30.2 Å². The van der Waals surface area contributed by atoms with Crippen molar-refractivity contribution in [2.75, 3.05) is 23.3 Å². The highest BCUT2D eigenvalue weighted by Crippen LogP contribution is 2.36. The summed E-state index contributed by atoms with van der Waals surface area (Å²) in [5.41, 5.74) is -0.493. The summed E-state index contributed by atoms with van der Waals surface area (Å²) in [6.07, 6.45) is -0.179. The summed E-state index contributed by atoms with van der Waals surface area (Å²) in [5.74, 6) is 0.230. The molecule has 1 aliphatic heterocycles. The molecular formula is C24H23F3N8O2. The van der Waals surface area contributed by atoms with Gasteiger partial charge in [-0.25, -0.2) is 19.9 Å². The fourth-order valence-electron chi connectivity index (χ4n) is 3.76. The molecule has 0 saturated heterocycles. The first kappa shape index (κ1) is 25.8. The molecule has 0 fully saturated rings. The predicted octanol–water partition coefficient (Wildman–Crippen LogP) is 2.96. The molecular weight excluding hydrogens is 489 g/mol. The minimum atomic E-state index is -4.64. The normalized spacial score (nSPS) is 13.5. The molecule has 1 amide bonds. The number of alkyl halides is 3. The summed E-state index contributed by atoms with van der Waals surface area (Å²) in [4.78, 5) is 30.8. The van der Waals surface area contributed by atoms with Crippen LogP contribution < -0.4 is 15.5 Å². The number of nitrogens with one attached hydrogen (secondary N) is 2. The van der Waals surface area contributed by atoms with Crippen molar-refractivity contribution < 1.29 is 23.1 Å². The third kappa shape index (κ3) is 6.10. The van der Waals surface area contributed by atoms with Crippen LogP contribution in [-0.4, -0.2) is 49.6 Å². The van der Waals surface area contributed by atoms with Crippen LogP contribution >= 0.6 is 0 Å². The lowest BCUT2D eigenvalue weighted by Crippen LogP contribution is -2.38. The van der Waals surface area contributed by atoms with Crippen LogP contribution in [0.3, 0.4) is 0 Å². The lowest BCUT2D eigenvalue weighted by Gasteiger charge is -2.31.